The molecule has 2 heteroatoms. The van der Waals surface area contributed by atoms with Gasteiger partial charge < -0.3 is 9.84 Å². The van der Waals surface area contributed by atoms with Crippen molar-refractivity contribution in [2.75, 3.05) is 13.2 Å². The number of aliphatic hydroxyl groups is 1. The van der Waals surface area contributed by atoms with Crippen LogP contribution in [0.3, 0.4) is 0 Å². The van der Waals surface area contributed by atoms with Crippen LogP contribution in [0.25, 0.3) is 0 Å². The Morgan fingerprint density at radius 1 is 0.889 bits per heavy atom. The van der Waals surface area contributed by atoms with Gasteiger partial charge in [-0.2, -0.15) is 0 Å². The third-order valence-electron chi connectivity index (χ3n) is 2.51. The first-order valence-corrected chi connectivity index (χ1v) is 7.13. The minimum Gasteiger partial charge on any atom is -0.494 e. The first kappa shape index (κ1) is 17.0. The number of aliphatic hydroxyl groups excluding tert-OH is 1. The van der Waals surface area contributed by atoms with Crippen LogP contribution in [0.15, 0.2) is 30.3 Å². The molecule has 0 atom stereocenters. The first-order valence-electron chi connectivity index (χ1n) is 7.13. The van der Waals surface area contributed by atoms with Crippen molar-refractivity contribution in [3.63, 3.8) is 0 Å². The van der Waals surface area contributed by atoms with Gasteiger partial charge in [-0.25, -0.2) is 0 Å². The molecule has 0 aliphatic heterocycles. The Balaban J connectivity index is 0.000000873. The normalized spacial score (nSPS) is 9.50. The van der Waals surface area contributed by atoms with E-state index in [0.29, 0.717) is 0 Å². The Bertz CT molecular complexity index is 247. The van der Waals surface area contributed by atoms with Crippen LogP contribution in [0, 0.1) is 0 Å². The molecule has 0 unspecified atom stereocenters. The van der Waals surface area contributed by atoms with Crippen molar-refractivity contribution < 1.29 is 9.84 Å². The highest BCUT2D eigenvalue weighted by molar-refractivity contribution is 5.20. The summed E-state index contributed by atoms with van der Waals surface area (Å²) >= 11 is 0. The molecule has 1 N–H and O–H groups in total. The van der Waals surface area contributed by atoms with Crippen molar-refractivity contribution in [1.29, 1.82) is 0 Å². The van der Waals surface area contributed by atoms with E-state index in [1.807, 2.05) is 30.3 Å². The minimum absolute atomic E-state index is 0.250. The molecule has 0 heterocycles. The summed E-state index contributed by atoms with van der Waals surface area (Å²) < 4.78 is 5.61. The quantitative estimate of drug-likeness (QED) is 0.694. The van der Waals surface area contributed by atoms with Gasteiger partial charge in [0.2, 0.25) is 0 Å². The van der Waals surface area contributed by atoms with Crippen LogP contribution in [0.4, 0.5) is 0 Å². The van der Waals surface area contributed by atoms with Crippen molar-refractivity contribution in [3.05, 3.63) is 30.3 Å². The highest BCUT2D eigenvalue weighted by Gasteiger charge is 1.92. The van der Waals surface area contributed by atoms with Crippen molar-refractivity contribution in [1.82, 2.24) is 0 Å². The fourth-order valence-corrected chi connectivity index (χ4v) is 1.59. The lowest BCUT2D eigenvalue weighted by Gasteiger charge is -2.05. The molecule has 0 spiro atoms. The fourth-order valence-electron chi connectivity index (χ4n) is 1.59. The Hall–Kier alpha value is -1.02. The molecule has 0 fully saturated rings. The number of rotatable bonds is 8. The molecule has 1 aromatic carbocycles. The van der Waals surface area contributed by atoms with Crippen LogP contribution in [0.2, 0.25) is 0 Å². The standard InChI is InChI=1S/C14H22O.C2H6O/c1-2-3-4-5-6-10-13-15-14-11-8-7-9-12-14;1-2-3/h7-9,11-12H,2-6,10,13H2,1H3;3H,2H2,1H3. The molecular formula is C16H28O2. The maximum absolute atomic E-state index is 7.57. The van der Waals surface area contributed by atoms with Crippen LogP contribution in [-0.2, 0) is 0 Å². The van der Waals surface area contributed by atoms with E-state index >= 15 is 0 Å². The molecule has 0 saturated heterocycles. The molecule has 0 aromatic heterocycles. The second kappa shape index (κ2) is 14.0. The largest absolute Gasteiger partial charge is 0.494 e. The zero-order chi connectivity index (χ0) is 13.5. The average Bonchev–Trinajstić information content (AvgIpc) is 2.40. The third-order valence-corrected chi connectivity index (χ3v) is 2.51. The summed E-state index contributed by atoms with van der Waals surface area (Å²) in [6.07, 6.45) is 7.90. The van der Waals surface area contributed by atoms with Gasteiger partial charge in [0.05, 0.1) is 6.61 Å². The summed E-state index contributed by atoms with van der Waals surface area (Å²) in [5.74, 6) is 0.992. The number of unbranched alkanes of at least 4 members (excludes halogenated alkanes) is 5. The van der Waals surface area contributed by atoms with Crippen molar-refractivity contribution in [2.24, 2.45) is 0 Å². The minimum atomic E-state index is 0.250. The second-order valence-electron chi connectivity index (χ2n) is 4.25. The number of hydrogen-bond acceptors (Lipinski definition) is 2. The highest BCUT2D eigenvalue weighted by Crippen LogP contribution is 2.10. The molecule has 0 bridgehead atoms. The maximum Gasteiger partial charge on any atom is 0.119 e. The zero-order valence-electron chi connectivity index (χ0n) is 11.9. The van der Waals surface area contributed by atoms with Crippen LogP contribution >= 0.6 is 0 Å². The Kier molecular flexibility index (Phi) is 13.2. The van der Waals surface area contributed by atoms with E-state index in [0.717, 1.165) is 12.4 Å². The topological polar surface area (TPSA) is 29.5 Å². The van der Waals surface area contributed by atoms with E-state index in [4.69, 9.17) is 9.84 Å². The predicted molar refractivity (Wildman–Crippen MR) is 78.1 cm³/mol. The van der Waals surface area contributed by atoms with Crippen molar-refractivity contribution >= 4 is 0 Å². The molecule has 1 aromatic rings. The molecular weight excluding hydrogens is 224 g/mol. The van der Waals surface area contributed by atoms with Crippen LogP contribution in [0.1, 0.15) is 52.4 Å². The van der Waals surface area contributed by atoms with E-state index in [1.54, 1.807) is 6.92 Å². The monoisotopic (exact) mass is 252 g/mol. The molecule has 1 rings (SSSR count). The van der Waals surface area contributed by atoms with Crippen LogP contribution < -0.4 is 4.74 Å². The lowest BCUT2D eigenvalue weighted by molar-refractivity contribution is 0.304. The van der Waals surface area contributed by atoms with Gasteiger partial charge in [0, 0.05) is 6.61 Å². The van der Waals surface area contributed by atoms with Crippen LogP contribution in [-0.4, -0.2) is 18.3 Å². The smallest absolute Gasteiger partial charge is 0.119 e. The molecule has 18 heavy (non-hydrogen) atoms. The van der Waals surface area contributed by atoms with E-state index < -0.39 is 0 Å². The van der Waals surface area contributed by atoms with E-state index in [-0.39, 0.29) is 6.61 Å². The average molecular weight is 252 g/mol. The van der Waals surface area contributed by atoms with Gasteiger partial charge in [0.1, 0.15) is 5.75 Å². The molecule has 0 amide bonds. The maximum atomic E-state index is 7.57. The summed E-state index contributed by atoms with van der Waals surface area (Å²) in [5.41, 5.74) is 0. The summed E-state index contributed by atoms with van der Waals surface area (Å²) in [6, 6.07) is 10.1. The predicted octanol–water partition coefficient (Wildman–Crippen LogP) is 4.42. The number of para-hydroxylation sites is 1. The fraction of sp³-hybridized carbons (Fsp3) is 0.625. The zero-order valence-corrected chi connectivity index (χ0v) is 11.9. The van der Waals surface area contributed by atoms with Gasteiger partial charge in [-0.05, 0) is 25.5 Å². The van der Waals surface area contributed by atoms with Gasteiger partial charge in [0.25, 0.3) is 0 Å². The summed E-state index contributed by atoms with van der Waals surface area (Å²) in [7, 11) is 0. The van der Waals surface area contributed by atoms with Crippen molar-refractivity contribution in [2.45, 2.75) is 52.4 Å². The lowest BCUT2D eigenvalue weighted by Crippen LogP contribution is -1.96. The molecule has 104 valence electrons. The summed E-state index contributed by atoms with van der Waals surface area (Å²) in [6.45, 7) is 5.04. The molecule has 0 aliphatic rings. The molecule has 2 nitrogen and oxygen atoms in total. The molecule has 0 radical (unpaired) electrons. The molecule has 0 aliphatic carbocycles. The third kappa shape index (κ3) is 11.5. The van der Waals surface area contributed by atoms with Gasteiger partial charge in [-0.1, -0.05) is 57.2 Å². The van der Waals surface area contributed by atoms with E-state index in [1.165, 1.54) is 38.5 Å². The van der Waals surface area contributed by atoms with Gasteiger partial charge in [0.15, 0.2) is 0 Å². The van der Waals surface area contributed by atoms with Gasteiger partial charge in [-0.3, -0.25) is 0 Å². The second-order valence-corrected chi connectivity index (χ2v) is 4.25. The number of ether oxygens (including phenoxy) is 1. The Labute approximate surface area is 112 Å². The van der Waals surface area contributed by atoms with Crippen LogP contribution in [0.5, 0.6) is 5.75 Å². The number of hydrogen-bond donors (Lipinski definition) is 1. The van der Waals surface area contributed by atoms with Gasteiger partial charge >= 0.3 is 0 Å². The lowest BCUT2D eigenvalue weighted by atomic mass is 10.1. The van der Waals surface area contributed by atoms with E-state index in [9.17, 15) is 0 Å². The SMILES string of the molecule is CCCCCCCCOc1ccccc1.CCO. The van der Waals surface area contributed by atoms with Gasteiger partial charge in [-0.15, -0.1) is 0 Å². The molecule has 0 saturated carbocycles. The Morgan fingerprint density at radius 2 is 1.44 bits per heavy atom. The Morgan fingerprint density at radius 3 is 2.06 bits per heavy atom. The van der Waals surface area contributed by atoms with E-state index in [2.05, 4.69) is 6.92 Å². The number of benzene rings is 1. The highest BCUT2D eigenvalue weighted by atomic mass is 16.5. The summed E-state index contributed by atoms with van der Waals surface area (Å²) in [5, 5.41) is 7.57. The first-order chi connectivity index (χ1) is 8.85. The van der Waals surface area contributed by atoms with Crippen molar-refractivity contribution in [3.8, 4) is 5.75 Å². The summed E-state index contributed by atoms with van der Waals surface area (Å²) in [4.78, 5) is 0.